The highest BCUT2D eigenvalue weighted by atomic mass is 32.2. The lowest BCUT2D eigenvalue weighted by atomic mass is 9.92. The molecule has 0 atom stereocenters. The summed E-state index contributed by atoms with van der Waals surface area (Å²) in [5.41, 5.74) is 2.99. The van der Waals surface area contributed by atoms with Crippen molar-refractivity contribution >= 4 is 21.6 Å². The highest BCUT2D eigenvalue weighted by molar-refractivity contribution is 7.89. The molecule has 0 aromatic heterocycles. The number of hydrogen-bond acceptors (Lipinski definition) is 5. The fraction of sp³-hybridized carbons (Fsp3) is 0.500. The molecule has 1 saturated heterocycles. The van der Waals surface area contributed by atoms with Crippen LogP contribution < -0.4 is 14.8 Å². The van der Waals surface area contributed by atoms with Crippen LogP contribution in [-0.2, 0) is 27.7 Å². The highest BCUT2D eigenvalue weighted by Gasteiger charge is 2.33. The van der Waals surface area contributed by atoms with Gasteiger partial charge in [-0.3, -0.25) is 4.79 Å². The van der Waals surface area contributed by atoms with E-state index < -0.39 is 10.0 Å². The first-order valence-electron chi connectivity index (χ1n) is 12.2. The van der Waals surface area contributed by atoms with Crippen molar-refractivity contribution in [2.75, 3.05) is 31.6 Å². The van der Waals surface area contributed by atoms with Gasteiger partial charge in [-0.2, -0.15) is 4.31 Å². The summed E-state index contributed by atoms with van der Waals surface area (Å²) in [4.78, 5) is 13.4. The van der Waals surface area contributed by atoms with Gasteiger partial charge in [-0.25, -0.2) is 8.42 Å². The number of piperidine rings is 1. The predicted octanol–water partition coefficient (Wildman–Crippen LogP) is 4.40. The van der Waals surface area contributed by atoms with Gasteiger partial charge < -0.3 is 14.8 Å². The average Bonchev–Trinajstić information content (AvgIpc) is 2.85. The number of nitrogens with zero attached hydrogens (tertiary/aromatic N) is 1. The molecule has 2 aromatic rings. The van der Waals surface area contributed by atoms with Crippen molar-refractivity contribution < 1.29 is 22.7 Å². The van der Waals surface area contributed by atoms with Crippen molar-refractivity contribution in [3.8, 4) is 11.5 Å². The largest absolute Gasteiger partial charge is 0.494 e. The Morgan fingerprint density at radius 1 is 0.971 bits per heavy atom. The third-order valence-electron chi connectivity index (χ3n) is 6.60. The van der Waals surface area contributed by atoms with Crippen LogP contribution >= 0.6 is 0 Å². The van der Waals surface area contributed by atoms with Gasteiger partial charge in [-0.1, -0.05) is 6.07 Å². The smallest absolute Gasteiger partial charge is 0.243 e. The number of nitrogens with one attached hydrogen (secondary N) is 1. The van der Waals surface area contributed by atoms with Crippen LogP contribution in [0.15, 0.2) is 41.3 Å². The van der Waals surface area contributed by atoms with Crippen LogP contribution in [0.2, 0.25) is 0 Å². The SMILES string of the molecule is CCOc1ccc(OCC)c(NC(=O)C2CCN(S(=O)(=O)c3ccc4c(c3)CCCC4)CC2)c1. The number of ether oxygens (including phenoxy) is 2. The Hall–Kier alpha value is -2.58. The third kappa shape index (κ3) is 5.39. The summed E-state index contributed by atoms with van der Waals surface area (Å²) in [5, 5.41) is 2.97. The molecular weight excluding hydrogens is 452 g/mol. The van der Waals surface area contributed by atoms with Crippen molar-refractivity contribution in [1.29, 1.82) is 0 Å². The molecule has 8 heteroatoms. The van der Waals surface area contributed by atoms with Crippen molar-refractivity contribution in [2.45, 2.75) is 57.3 Å². The van der Waals surface area contributed by atoms with E-state index in [1.807, 2.05) is 32.0 Å². The predicted molar refractivity (Wildman–Crippen MR) is 132 cm³/mol. The molecule has 1 N–H and O–H groups in total. The fourth-order valence-electron chi connectivity index (χ4n) is 4.76. The molecule has 0 unspecified atom stereocenters. The number of carbonyl (C=O) groups excluding carboxylic acids is 1. The van der Waals surface area contributed by atoms with Gasteiger partial charge in [0.15, 0.2) is 0 Å². The number of rotatable bonds is 8. The second-order valence-corrected chi connectivity index (χ2v) is 10.8. The molecule has 184 valence electrons. The Labute approximate surface area is 202 Å². The van der Waals surface area contributed by atoms with Crippen molar-refractivity contribution in [3.05, 3.63) is 47.5 Å². The minimum atomic E-state index is -3.56. The van der Waals surface area contributed by atoms with Crippen molar-refractivity contribution in [2.24, 2.45) is 5.92 Å². The Morgan fingerprint density at radius 2 is 1.68 bits per heavy atom. The van der Waals surface area contributed by atoms with Gasteiger partial charge in [0, 0.05) is 25.1 Å². The second kappa shape index (κ2) is 10.8. The van der Waals surface area contributed by atoms with E-state index in [1.165, 1.54) is 9.87 Å². The summed E-state index contributed by atoms with van der Waals surface area (Å²) >= 11 is 0. The molecule has 0 spiro atoms. The standard InChI is InChI=1S/C26H34N2O5S/c1-3-32-22-10-12-25(33-4-2)24(18-22)27-26(29)20-13-15-28(16-14-20)34(30,31)23-11-9-19-7-5-6-8-21(19)17-23/h9-12,17-18,20H,3-8,13-16H2,1-2H3,(H,27,29). The molecule has 1 aliphatic carbocycles. The summed E-state index contributed by atoms with van der Waals surface area (Å²) in [5.74, 6) is 0.861. The monoisotopic (exact) mass is 486 g/mol. The van der Waals surface area contributed by atoms with E-state index in [-0.39, 0.29) is 11.8 Å². The van der Waals surface area contributed by atoms with Gasteiger partial charge in [0.25, 0.3) is 0 Å². The number of anilines is 1. The molecule has 2 aliphatic rings. The van der Waals surface area contributed by atoms with Gasteiger partial charge in [-0.05, 0) is 87.8 Å². The maximum atomic E-state index is 13.3. The summed E-state index contributed by atoms with van der Waals surface area (Å²) in [6.45, 7) is 5.46. The number of sulfonamides is 1. The summed E-state index contributed by atoms with van der Waals surface area (Å²) < 4.78 is 39.2. The van der Waals surface area contributed by atoms with Gasteiger partial charge in [0.1, 0.15) is 11.5 Å². The number of carbonyl (C=O) groups is 1. The summed E-state index contributed by atoms with van der Waals surface area (Å²) in [6.07, 6.45) is 5.19. The normalized spacial score (nSPS) is 17.1. The van der Waals surface area contributed by atoms with Crippen LogP contribution in [0, 0.1) is 5.92 Å². The molecule has 0 bridgehead atoms. The van der Waals surface area contributed by atoms with Crippen molar-refractivity contribution in [1.82, 2.24) is 4.31 Å². The Balaban J connectivity index is 1.41. The van der Waals surface area contributed by atoms with Gasteiger partial charge in [0.05, 0.1) is 23.8 Å². The van der Waals surface area contributed by atoms with E-state index in [2.05, 4.69) is 5.32 Å². The molecular formula is C26H34N2O5S. The Morgan fingerprint density at radius 3 is 2.38 bits per heavy atom. The van der Waals surface area contributed by atoms with Crippen LogP contribution in [0.3, 0.4) is 0 Å². The molecule has 4 rings (SSSR count). The lowest BCUT2D eigenvalue weighted by molar-refractivity contribution is -0.120. The molecule has 1 amide bonds. The van der Waals surface area contributed by atoms with E-state index in [4.69, 9.17) is 9.47 Å². The van der Waals surface area contributed by atoms with Gasteiger partial charge in [0.2, 0.25) is 15.9 Å². The Kier molecular flexibility index (Phi) is 7.78. The van der Waals surface area contributed by atoms with E-state index in [0.717, 1.165) is 31.2 Å². The van der Waals surface area contributed by atoms with Crippen LogP contribution in [0.25, 0.3) is 0 Å². The first-order valence-corrected chi connectivity index (χ1v) is 13.7. The van der Waals surface area contributed by atoms with Crippen molar-refractivity contribution in [3.63, 3.8) is 0 Å². The van der Waals surface area contributed by atoms with Crippen LogP contribution in [0.5, 0.6) is 11.5 Å². The van der Waals surface area contributed by atoms with Crippen LogP contribution in [0.1, 0.15) is 50.7 Å². The topological polar surface area (TPSA) is 84.9 Å². The second-order valence-electron chi connectivity index (χ2n) is 8.83. The lowest BCUT2D eigenvalue weighted by Crippen LogP contribution is -2.41. The van der Waals surface area contributed by atoms with E-state index >= 15 is 0 Å². The number of benzene rings is 2. The van der Waals surface area contributed by atoms with Crippen LogP contribution in [0.4, 0.5) is 5.69 Å². The number of aryl methyl sites for hydroxylation is 2. The number of fused-ring (bicyclic) bond motifs is 1. The zero-order valence-electron chi connectivity index (χ0n) is 20.0. The molecule has 34 heavy (non-hydrogen) atoms. The van der Waals surface area contributed by atoms with Gasteiger partial charge >= 0.3 is 0 Å². The maximum Gasteiger partial charge on any atom is 0.243 e. The number of amides is 1. The fourth-order valence-corrected chi connectivity index (χ4v) is 6.28. The molecule has 1 heterocycles. The van der Waals surface area contributed by atoms with Gasteiger partial charge in [-0.15, -0.1) is 0 Å². The molecule has 1 fully saturated rings. The first kappa shape index (κ1) is 24.5. The zero-order valence-corrected chi connectivity index (χ0v) is 20.8. The minimum Gasteiger partial charge on any atom is -0.494 e. The quantitative estimate of drug-likeness (QED) is 0.598. The molecule has 2 aromatic carbocycles. The average molecular weight is 487 g/mol. The number of hydrogen-bond donors (Lipinski definition) is 1. The Bertz CT molecular complexity index is 1120. The molecule has 1 aliphatic heterocycles. The van der Waals surface area contributed by atoms with E-state index in [9.17, 15) is 13.2 Å². The molecule has 0 radical (unpaired) electrons. The lowest BCUT2D eigenvalue weighted by Gasteiger charge is -2.31. The molecule has 0 saturated carbocycles. The van der Waals surface area contributed by atoms with Crippen LogP contribution in [-0.4, -0.2) is 44.9 Å². The zero-order chi connectivity index (χ0) is 24.1. The third-order valence-corrected chi connectivity index (χ3v) is 8.50. The minimum absolute atomic E-state index is 0.125. The summed E-state index contributed by atoms with van der Waals surface area (Å²) in [7, 11) is -3.56. The highest BCUT2D eigenvalue weighted by Crippen LogP contribution is 2.32. The van der Waals surface area contributed by atoms with E-state index in [0.29, 0.717) is 61.2 Å². The first-order chi connectivity index (χ1) is 16.4. The van der Waals surface area contributed by atoms with E-state index in [1.54, 1.807) is 18.2 Å². The summed E-state index contributed by atoms with van der Waals surface area (Å²) in [6, 6.07) is 10.9. The molecule has 7 nitrogen and oxygen atoms in total. The maximum absolute atomic E-state index is 13.3.